The third-order valence-corrected chi connectivity index (χ3v) is 7.19. The van der Waals surface area contributed by atoms with Crippen LogP contribution in [-0.4, -0.2) is 42.1 Å². The molecule has 5 rings (SSSR count). The molecule has 2 saturated carbocycles. The second-order valence-electron chi connectivity index (χ2n) is 9.37. The second kappa shape index (κ2) is 7.12. The lowest BCUT2D eigenvalue weighted by molar-refractivity contribution is -0.123. The Morgan fingerprint density at radius 2 is 1.93 bits per heavy atom. The van der Waals surface area contributed by atoms with E-state index in [0.717, 1.165) is 56.9 Å². The number of rotatable bonds is 5. The molecule has 0 radical (unpaired) electrons. The summed E-state index contributed by atoms with van der Waals surface area (Å²) in [5, 5.41) is 3.23. The smallest absolute Gasteiger partial charge is 0.220 e. The van der Waals surface area contributed by atoms with Gasteiger partial charge in [0.1, 0.15) is 11.4 Å². The van der Waals surface area contributed by atoms with Gasteiger partial charge in [-0.25, -0.2) is 0 Å². The van der Waals surface area contributed by atoms with Crippen molar-refractivity contribution in [2.24, 2.45) is 5.92 Å². The number of hydrogen-bond donors (Lipinski definition) is 1. The highest BCUT2D eigenvalue weighted by Crippen LogP contribution is 2.47. The maximum absolute atomic E-state index is 12.6. The number of ether oxygens (including phenoxy) is 1. The largest absolute Gasteiger partial charge is 0.487 e. The molecule has 3 fully saturated rings. The number of likely N-dealkylation sites (tertiary alicyclic amines) is 1. The van der Waals surface area contributed by atoms with Crippen molar-refractivity contribution in [2.45, 2.75) is 75.3 Å². The molecule has 1 atom stereocenters. The number of piperidine rings is 1. The molecule has 0 aromatic heterocycles. The maximum atomic E-state index is 12.6. The minimum atomic E-state index is -0.0736. The number of nitrogens with zero attached hydrogens (tertiary/aromatic N) is 1. The molecule has 146 valence electrons. The van der Waals surface area contributed by atoms with Crippen molar-refractivity contribution in [1.29, 1.82) is 0 Å². The van der Waals surface area contributed by atoms with Crippen LogP contribution in [0, 0.1) is 5.92 Å². The Morgan fingerprint density at radius 3 is 2.63 bits per heavy atom. The van der Waals surface area contributed by atoms with Crippen molar-refractivity contribution in [3.8, 4) is 5.75 Å². The van der Waals surface area contributed by atoms with Gasteiger partial charge in [0.15, 0.2) is 0 Å². The average molecular weight is 369 g/mol. The molecule has 2 aliphatic carbocycles. The molecular weight excluding hydrogens is 336 g/mol. The lowest BCUT2D eigenvalue weighted by atomic mass is 9.76. The molecule has 1 aromatic carbocycles. The van der Waals surface area contributed by atoms with Crippen molar-refractivity contribution in [3.05, 3.63) is 29.8 Å². The first-order chi connectivity index (χ1) is 13.2. The van der Waals surface area contributed by atoms with Crippen LogP contribution in [0.2, 0.25) is 0 Å². The second-order valence-corrected chi connectivity index (χ2v) is 9.37. The molecule has 1 saturated heterocycles. The van der Waals surface area contributed by atoms with Crippen LogP contribution in [0.25, 0.3) is 0 Å². The van der Waals surface area contributed by atoms with Gasteiger partial charge in [-0.2, -0.15) is 0 Å². The summed E-state index contributed by atoms with van der Waals surface area (Å²) < 4.78 is 6.60. The Bertz CT molecular complexity index is 687. The van der Waals surface area contributed by atoms with Gasteiger partial charge >= 0.3 is 0 Å². The van der Waals surface area contributed by atoms with Gasteiger partial charge in [-0.1, -0.05) is 18.2 Å². The molecule has 4 heteroatoms. The summed E-state index contributed by atoms with van der Waals surface area (Å²) in [4.78, 5) is 15.2. The summed E-state index contributed by atoms with van der Waals surface area (Å²) in [5.74, 6) is 2.48. The minimum Gasteiger partial charge on any atom is -0.487 e. The number of amides is 1. The van der Waals surface area contributed by atoms with Crippen LogP contribution < -0.4 is 10.1 Å². The zero-order valence-electron chi connectivity index (χ0n) is 16.3. The van der Waals surface area contributed by atoms with Gasteiger partial charge in [-0.3, -0.25) is 4.79 Å². The van der Waals surface area contributed by atoms with E-state index in [1.807, 2.05) is 0 Å². The lowest BCUT2D eigenvalue weighted by Gasteiger charge is -2.47. The number of benzene rings is 1. The third-order valence-electron chi connectivity index (χ3n) is 7.19. The first-order valence-electron chi connectivity index (χ1n) is 11.0. The summed E-state index contributed by atoms with van der Waals surface area (Å²) in [6, 6.07) is 8.82. The Hall–Kier alpha value is -1.55. The summed E-state index contributed by atoms with van der Waals surface area (Å²) in [7, 11) is 0. The topological polar surface area (TPSA) is 41.6 Å². The van der Waals surface area contributed by atoms with Crippen molar-refractivity contribution in [1.82, 2.24) is 10.2 Å². The number of carbonyl (C=O) groups excluding carboxylic acids is 1. The van der Waals surface area contributed by atoms with E-state index in [-0.39, 0.29) is 17.4 Å². The minimum absolute atomic E-state index is 0.0736. The lowest BCUT2D eigenvalue weighted by Crippen LogP contribution is -2.51. The molecule has 1 amide bonds. The molecular formula is C23H32N2O2. The summed E-state index contributed by atoms with van der Waals surface area (Å²) in [5.41, 5.74) is 1.16. The third kappa shape index (κ3) is 3.87. The Labute approximate surface area is 162 Å². The molecule has 2 aliphatic heterocycles. The molecule has 4 aliphatic rings. The standard InChI is InChI=1S/C23H32N2O2/c26-22(24-19-4-3-5-19)14-18-15-23(27-21-7-2-1-6-20(18)21)10-12-25(13-11-23)16-17-8-9-17/h1-2,6-7,17-19H,3-5,8-16H2,(H,24,26)/t18-/m1/s1. The number of carbonyl (C=O) groups is 1. The number of fused-ring (bicyclic) bond motifs is 1. The highest BCUT2D eigenvalue weighted by atomic mass is 16.5. The number of para-hydroxylation sites is 1. The van der Waals surface area contributed by atoms with Crippen molar-refractivity contribution < 1.29 is 9.53 Å². The van der Waals surface area contributed by atoms with Crippen LogP contribution in [0.4, 0.5) is 0 Å². The fraction of sp³-hybridized carbons (Fsp3) is 0.696. The predicted octanol–water partition coefficient (Wildman–Crippen LogP) is 3.86. The monoisotopic (exact) mass is 368 g/mol. The van der Waals surface area contributed by atoms with Crippen molar-refractivity contribution in [3.63, 3.8) is 0 Å². The van der Waals surface area contributed by atoms with E-state index >= 15 is 0 Å². The van der Waals surface area contributed by atoms with E-state index in [2.05, 4.69) is 34.5 Å². The van der Waals surface area contributed by atoms with Gasteiger partial charge in [0.2, 0.25) is 5.91 Å². The molecule has 0 unspecified atom stereocenters. The molecule has 0 bridgehead atoms. The number of hydrogen-bond acceptors (Lipinski definition) is 3. The van der Waals surface area contributed by atoms with Gasteiger partial charge in [0, 0.05) is 38.0 Å². The van der Waals surface area contributed by atoms with Crippen LogP contribution >= 0.6 is 0 Å². The van der Waals surface area contributed by atoms with Gasteiger partial charge < -0.3 is 15.0 Å². The molecule has 27 heavy (non-hydrogen) atoms. The first kappa shape index (κ1) is 17.5. The number of nitrogens with one attached hydrogen (secondary N) is 1. The van der Waals surface area contributed by atoms with Gasteiger partial charge in [0.25, 0.3) is 0 Å². The van der Waals surface area contributed by atoms with E-state index in [1.54, 1.807) is 0 Å². The molecule has 4 nitrogen and oxygen atoms in total. The Morgan fingerprint density at radius 1 is 1.15 bits per heavy atom. The predicted molar refractivity (Wildman–Crippen MR) is 106 cm³/mol. The van der Waals surface area contributed by atoms with E-state index < -0.39 is 0 Å². The summed E-state index contributed by atoms with van der Waals surface area (Å²) in [6.07, 6.45) is 10.2. The zero-order chi connectivity index (χ0) is 18.3. The van der Waals surface area contributed by atoms with Crippen LogP contribution in [-0.2, 0) is 4.79 Å². The van der Waals surface area contributed by atoms with Gasteiger partial charge in [-0.05, 0) is 68.9 Å². The molecule has 1 N–H and O–H groups in total. The summed E-state index contributed by atoms with van der Waals surface area (Å²) >= 11 is 0. The van der Waals surface area contributed by atoms with Crippen molar-refractivity contribution in [2.75, 3.05) is 19.6 Å². The van der Waals surface area contributed by atoms with Crippen LogP contribution in [0.5, 0.6) is 5.75 Å². The van der Waals surface area contributed by atoms with Crippen LogP contribution in [0.1, 0.15) is 69.3 Å². The molecule has 1 spiro atoms. The zero-order valence-corrected chi connectivity index (χ0v) is 16.3. The van der Waals surface area contributed by atoms with Gasteiger partial charge in [-0.15, -0.1) is 0 Å². The Balaban J connectivity index is 1.28. The van der Waals surface area contributed by atoms with Crippen molar-refractivity contribution >= 4 is 5.91 Å². The first-order valence-corrected chi connectivity index (χ1v) is 11.0. The highest BCUT2D eigenvalue weighted by molar-refractivity contribution is 5.77. The fourth-order valence-corrected chi connectivity index (χ4v) is 5.10. The normalized spacial score (nSPS) is 27.5. The fourth-order valence-electron chi connectivity index (χ4n) is 5.10. The van der Waals surface area contributed by atoms with Crippen LogP contribution in [0.15, 0.2) is 24.3 Å². The van der Waals surface area contributed by atoms with E-state index in [9.17, 15) is 4.79 Å². The van der Waals surface area contributed by atoms with E-state index in [1.165, 1.54) is 31.4 Å². The molecule has 2 heterocycles. The van der Waals surface area contributed by atoms with Gasteiger partial charge in [0.05, 0.1) is 0 Å². The summed E-state index contributed by atoms with van der Waals surface area (Å²) in [6.45, 7) is 3.55. The highest BCUT2D eigenvalue weighted by Gasteiger charge is 2.44. The maximum Gasteiger partial charge on any atom is 0.220 e. The van der Waals surface area contributed by atoms with Crippen LogP contribution in [0.3, 0.4) is 0 Å². The van der Waals surface area contributed by atoms with E-state index in [4.69, 9.17) is 4.74 Å². The average Bonchev–Trinajstić information content (AvgIpc) is 3.45. The quantitative estimate of drug-likeness (QED) is 0.858. The SMILES string of the molecule is O=C(C[C@@H]1CC2(CCN(CC3CC3)CC2)Oc2ccccc21)NC1CCC1. The Kier molecular flexibility index (Phi) is 4.63. The van der Waals surface area contributed by atoms with E-state index in [0.29, 0.717) is 12.5 Å². The molecule has 1 aromatic rings.